The van der Waals surface area contributed by atoms with Gasteiger partial charge in [-0.2, -0.15) is 10.2 Å². The third kappa shape index (κ3) is 6.10. The molecule has 2 amide bonds. The third-order valence-electron chi connectivity index (χ3n) is 2.64. The highest BCUT2D eigenvalue weighted by Crippen LogP contribution is 2.23. The maximum absolute atomic E-state index is 12.1. The normalized spacial score (nSPS) is 11.7. The van der Waals surface area contributed by atoms with Crippen molar-refractivity contribution in [3.05, 3.63) is 36.9 Å². The van der Waals surface area contributed by atoms with Crippen LogP contribution in [0.3, 0.4) is 0 Å². The van der Waals surface area contributed by atoms with Crippen molar-refractivity contribution in [3.8, 4) is 5.75 Å². The second-order valence-electron chi connectivity index (χ2n) is 4.66. The molecule has 0 saturated carbocycles. The summed E-state index contributed by atoms with van der Waals surface area (Å²) in [6.45, 7) is 0.0442. The molecular weight excluding hydrogens is 359 g/mol. The Balaban J connectivity index is 1.85. The van der Waals surface area contributed by atoms with Gasteiger partial charge in [-0.05, 0) is 24.3 Å². The van der Waals surface area contributed by atoms with Crippen LogP contribution in [0, 0.1) is 0 Å². The van der Waals surface area contributed by atoms with E-state index in [1.54, 1.807) is 0 Å². The van der Waals surface area contributed by atoms with E-state index in [-0.39, 0.29) is 18.1 Å². The molecular formula is C13H12F3N7O3. The quantitative estimate of drug-likeness (QED) is 0.297. The number of hydrogen-bond acceptors (Lipinski definition) is 6. The number of benzene rings is 1. The molecule has 1 aromatic carbocycles. The summed E-state index contributed by atoms with van der Waals surface area (Å²) in [5.41, 5.74) is 7.56. The number of hydrazone groups is 1. The van der Waals surface area contributed by atoms with Gasteiger partial charge in [0, 0.05) is 5.69 Å². The zero-order chi connectivity index (χ0) is 19.2. The van der Waals surface area contributed by atoms with Gasteiger partial charge in [0.25, 0.3) is 0 Å². The fraction of sp³-hybridized carbons (Fsp3) is 0.154. The maximum atomic E-state index is 12.1. The summed E-state index contributed by atoms with van der Waals surface area (Å²) in [4.78, 5) is 27.0. The average Bonchev–Trinajstić information content (AvgIpc) is 3.06. The van der Waals surface area contributed by atoms with Crippen molar-refractivity contribution in [1.29, 1.82) is 0 Å². The summed E-state index contributed by atoms with van der Waals surface area (Å²) in [6, 6.07) is 4.23. The van der Waals surface area contributed by atoms with Gasteiger partial charge < -0.3 is 15.8 Å². The van der Waals surface area contributed by atoms with Gasteiger partial charge in [-0.1, -0.05) is 0 Å². The van der Waals surface area contributed by atoms with E-state index >= 15 is 0 Å². The molecule has 138 valence electrons. The maximum Gasteiger partial charge on any atom is 0.573 e. The van der Waals surface area contributed by atoms with E-state index in [4.69, 9.17) is 5.73 Å². The largest absolute Gasteiger partial charge is 0.573 e. The number of carbonyl (C=O) groups is 2. The molecule has 2 rings (SSSR count). The lowest BCUT2D eigenvalue weighted by Gasteiger charge is -2.09. The number of rotatable bonds is 5. The van der Waals surface area contributed by atoms with Crippen LogP contribution in [0.25, 0.3) is 0 Å². The molecule has 0 radical (unpaired) electrons. The van der Waals surface area contributed by atoms with E-state index in [0.29, 0.717) is 0 Å². The molecule has 0 aliphatic rings. The first-order valence-corrected chi connectivity index (χ1v) is 6.84. The molecule has 0 aliphatic carbocycles. The minimum Gasteiger partial charge on any atom is -0.406 e. The predicted octanol–water partition coefficient (Wildman–Crippen LogP) is 0.204. The standard InChI is InChI=1S/C13H12F3N7O3/c14-13(15,16)26-9-3-1-8(2-4-9)20-11(24)12(25)22-21-10(17)5-23-7-18-6-19-23/h1-4,6-7H,5H2,(H2,17,21)(H,20,24)(H,22,25). The number of ether oxygens (including phenoxy) is 1. The smallest absolute Gasteiger partial charge is 0.406 e. The Kier molecular flexibility index (Phi) is 5.72. The number of aromatic nitrogens is 3. The van der Waals surface area contributed by atoms with Gasteiger partial charge in [0.15, 0.2) is 0 Å². The molecule has 0 spiro atoms. The van der Waals surface area contributed by atoms with Crippen molar-refractivity contribution >= 4 is 23.3 Å². The van der Waals surface area contributed by atoms with E-state index < -0.39 is 23.9 Å². The summed E-state index contributed by atoms with van der Waals surface area (Å²) in [5, 5.41) is 9.47. The topological polar surface area (TPSA) is 137 Å². The van der Waals surface area contributed by atoms with Crippen LogP contribution in [0.5, 0.6) is 5.75 Å². The average molecular weight is 371 g/mol. The number of nitrogens with zero attached hydrogens (tertiary/aromatic N) is 4. The fourth-order valence-corrected chi connectivity index (χ4v) is 1.62. The van der Waals surface area contributed by atoms with Crippen LogP contribution in [0.1, 0.15) is 0 Å². The zero-order valence-corrected chi connectivity index (χ0v) is 12.9. The molecule has 1 aromatic heterocycles. The Morgan fingerprint density at radius 1 is 1.23 bits per heavy atom. The van der Waals surface area contributed by atoms with Gasteiger partial charge in [-0.3, -0.25) is 9.59 Å². The van der Waals surface area contributed by atoms with Crippen molar-refractivity contribution in [2.75, 3.05) is 5.32 Å². The summed E-state index contributed by atoms with van der Waals surface area (Å²) >= 11 is 0. The SMILES string of the molecule is NC(Cn1cncn1)=NNC(=O)C(=O)Nc1ccc(OC(F)(F)F)cc1. The van der Waals surface area contributed by atoms with Crippen molar-refractivity contribution in [2.45, 2.75) is 12.9 Å². The molecule has 0 unspecified atom stereocenters. The Morgan fingerprint density at radius 2 is 1.92 bits per heavy atom. The Bertz CT molecular complexity index is 788. The second-order valence-corrected chi connectivity index (χ2v) is 4.66. The molecule has 0 atom stereocenters. The number of anilines is 1. The molecule has 1 heterocycles. The number of amides is 2. The molecule has 0 bridgehead atoms. The highest BCUT2D eigenvalue weighted by atomic mass is 19.4. The number of alkyl halides is 3. The number of hydrogen-bond donors (Lipinski definition) is 3. The summed E-state index contributed by atoms with van der Waals surface area (Å²) in [5.74, 6) is -2.72. The lowest BCUT2D eigenvalue weighted by molar-refractivity contribution is -0.274. The van der Waals surface area contributed by atoms with Crippen LogP contribution in [-0.2, 0) is 16.1 Å². The van der Waals surface area contributed by atoms with Crippen molar-refractivity contribution < 1.29 is 27.5 Å². The first-order valence-electron chi connectivity index (χ1n) is 6.84. The van der Waals surface area contributed by atoms with E-state index in [1.165, 1.54) is 17.3 Å². The highest BCUT2D eigenvalue weighted by Gasteiger charge is 2.31. The van der Waals surface area contributed by atoms with Gasteiger partial charge in [-0.15, -0.1) is 13.2 Å². The summed E-state index contributed by atoms with van der Waals surface area (Å²) < 4.78 is 41.2. The Labute approximate surface area is 143 Å². The van der Waals surface area contributed by atoms with E-state index in [9.17, 15) is 22.8 Å². The predicted molar refractivity (Wildman–Crippen MR) is 81.5 cm³/mol. The molecule has 10 nitrogen and oxygen atoms in total. The van der Waals surface area contributed by atoms with Gasteiger partial charge in [0.2, 0.25) is 0 Å². The minimum absolute atomic E-state index is 0.0368. The van der Waals surface area contributed by atoms with E-state index in [2.05, 4.69) is 25.2 Å². The van der Waals surface area contributed by atoms with Gasteiger partial charge >= 0.3 is 18.2 Å². The first kappa shape index (κ1) is 18.7. The molecule has 13 heteroatoms. The fourth-order valence-electron chi connectivity index (χ4n) is 1.62. The first-order chi connectivity index (χ1) is 12.2. The van der Waals surface area contributed by atoms with Crippen LogP contribution in [-0.4, -0.2) is 38.8 Å². The van der Waals surface area contributed by atoms with Crippen LogP contribution in [0.2, 0.25) is 0 Å². The van der Waals surface area contributed by atoms with Gasteiger partial charge in [-0.25, -0.2) is 15.1 Å². The Morgan fingerprint density at radius 3 is 2.50 bits per heavy atom. The number of nitrogens with one attached hydrogen (secondary N) is 2. The monoisotopic (exact) mass is 371 g/mol. The Hall–Kier alpha value is -3.64. The number of halogens is 3. The number of nitrogens with two attached hydrogens (primary N) is 1. The molecule has 0 fully saturated rings. The van der Waals surface area contributed by atoms with Gasteiger partial charge in [0.05, 0.1) is 0 Å². The van der Waals surface area contributed by atoms with Crippen molar-refractivity contribution in [1.82, 2.24) is 20.2 Å². The van der Waals surface area contributed by atoms with E-state index in [0.717, 1.165) is 24.3 Å². The summed E-state index contributed by atoms with van der Waals surface area (Å²) in [7, 11) is 0. The third-order valence-corrected chi connectivity index (χ3v) is 2.64. The second kappa shape index (κ2) is 7.96. The molecule has 0 aliphatic heterocycles. The minimum atomic E-state index is -4.82. The van der Waals surface area contributed by atoms with Crippen molar-refractivity contribution in [3.63, 3.8) is 0 Å². The highest BCUT2D eigenvalue weighted by molar-refractivity contribution is 6.39. The van der Waals surface area contributed by atoms with E-state index in [1.807, 2.05) is 5.43 Å². The molecule has 2 aromatic rings. The van der Waals surface area contributed by atoms with Crippen LogP contribution in [0.15, 0.2) is 42.0 Å². The zero-order valence-electron chi connectivity index (χ0n) is 12.9. The van der Waals surface area contributed by atoms with Crippen LogP contribution >= 0.6 is 0 Å². The van der Waals surface area contributed by atoms with Crippen molar-refractivity contribution in [2.24, 2.45) is 10.8 Å². The molecule has 4 N–H and O–H groups in total. The van der Waals surface area contributed by atoms with Crippen LogP contribution in [0.4, 0.5) is 18.9 Å². The number of carbonyl (C=O) groups excluding carboxylic acids is 2. The summed E-state index contributed by atoms with van der Waals surface area (Å²) in [6.07, 6.45) is -2.16. The van der Waals surface area contributed by atoms with Gasteiger partial charge in [0.1, 0.15) is 30.8 Å². The van der Waals surface area contributed by atoms with Crippen LogP contribution < -0.4 is 21.2 Å². The molecule has 26 heavy (non-hydrogen) atoms. The molecule has 0 saturated heterocycles. The lowest BCUT2D eigenvalue weighted by Crippen LogP contribution is -2.34. The lowest BCUT2D eigenvalue weighted by atomic mass is 10.3. The number of amidine groups is 1.